The first-order chi connectivity index (χ1) is 9.76. The van der Waals surface area contributed by atoms with Crippen molar-refractivity contribution in [2.45, 2.75) is 38.7 Å². The summed E-state index contributed by atoms with van der Waals surface area (Å²) in [5, 5.41) is 12.8. The lowest BCUT2D eigenvalue weighted by Crippen LogP contribution is -2.41. The lowest BCUT2D eigenvalue weighted by atomic mass is 10.1. The van der Waals surface area contributed by atoms with E-state index in [2.05, 4.69) is 16.5 Å². The Hall–Kier alpha value is -1.05. The van der Waals surface area contributed by atoms with Gasteiger partial charge in [-0.05, 0) is 30.8 Å². The zero-order chi connectivity index (χ0) is 14.4. The van der Waals surface area contributed by atoms with Crippen LogP contribution >= 0.6 is 11.5 Å². The number of rotatable bonds is 6. The second-order valence-electron chi connectivity index (χ2n) is 4.88. The van der Waals surface area contributed by atoms with Gasteiger partial charge in [0.25, 0.3) is 5.91 Å². The molecule has 0 aromatic carbocycles. The molecule has 0 spiro atoms. The van der Waals surface area contributed by atoms with E-state index in [0.29, 0.717) is 24.6 Å². The van der Waals surface area contributed by atoms with Crippen LogP contribution in [0.3, 0.4) is 0 Å². The zero-order valence-electron chi connectivity index (χ0n) is 11.7. The first kappa shape index (κ1) is 15.3. The van der Waals surface area contributed by atoms with Gasteiger partial charge in [-0.2, -0.15) is 0 Å². The molecule has 1 aliphatic rings. The molecule has 6 nitrogen and oxygen atoms in total. The third-order valence-corrected chi connectivity index (χ3v) is 4.17. The van der Waals surface area contributed by atoms with Crippen molar-refractivity contribution in [3.05, 3.63) is 10.6 Å². The third-order valence-electron chi connectivity index (χ3n) is 3.41. The monoisotopic (exact) mass is 299 g/mol. The van der Waals surface area contributed by atoms with E-state index in [1.54, 1.807) is 0 Å². The van der Waals surface area contributed by atoms with Crippen LogP contribution in [0.25, 0.3) is 0 Å². The van der Waals surface area contributed by atoms with Crippen molar-refractivity contribution in [1.29, 1.82) is 0 Å². The predicted octanol–water partition coefficient (Wildman–Crippen LogP) is 1.10. The van der Waals surface area contributed by atoms with Crippen LogP contribution in [0.5, 0.6) is 0 Å². The number of aromatic nitrogens is 2. The molecule has 1 aromatic heterocycles. The van der Waals surface area contributed by atoms with E-state index in [1.165, 1.54) is 11.5 Å². The Bertz CT molecular complexity index is 430. The molecular formula is C13H21N3O3S. The Morgan fingerprint density at radius 3 is 2.90 bits per heavy atom. The molecule has 1 amide bonds. The molecule has 0 aliphatic carbocycles. The molecule has 1 aromatic rings. The van der Waals surface area contributed by atoms with E-state index in [0.717, 1.165) is 31.4 Å². The standard InChI is InChI=1S/C13H21N3O3S/c1-2-3-11-12(20-15-14-11)13(18)16-6-4-10(5-7-16)19-9-8-17/h10,17H,2-9H2,1H3. The van der Waals surface area contributed by atoms with E-state index in [1.807, 2.05) is 4.90 Å². The number of aliphatic hydroxyl groups is 1. The smallest absolute Gasteiger partial charge is 0.267 e. The summed E-state index contributed by atoms with van der Waals surface area (Å²) in [5.41, 5.74) is 0.821. The maximum atomic E-state index is 12.5. The van der Waals surface area contributed by atoms with E-state index in [4.69, 9.17) is 9.84 Å². The van der Waals surface area contributed by atoms with Crippen molar-refractivity contribution in [3.8, 4) is 0 Å². The highest BCUT2D eigenvalue weighted by Gasteiger charge is 2.26. The predicted molar refractivity (Wildman–Crippen MR) is 75.9 cm³/mol. The highest BCUT2D eigenvalue weighted by Crippen LogP contribution is 2.20. The number of aryl methyl sites for hydroxylation is 1. The molecule has 0 radical (unpaired) electrons. The molecule has 1 fully saturated rings. The largest absolute Gasteiger partial charge is 0.394 e. The first-order valence-electron chi connectivity index (χ1n) is 7.09. The van der Waals surface area contributed by atoms with Gasteiger partial charge in [0, 0.05) is 13.1 Å². The number of nitrogens with zero attached hydrogens (tertiary/aromatic N) is 3. The van der Waals surface area contributed by atoms with Crippen LogP contribution in [0.1, 0.15) is 41.6 Å². The number of piperidine rings is 1. The highest BCUT2D eigenvalue weighted by atomic mass is 32.1. The van der Waals surface area contributed by atoms with Crippen LogP contribution < -0.4 is 0 Å². The van der Waals surface area contributed by atoms with Gasteiger partial charge in [0.05, 0.1) is 25.0 Å². The molecule has 1 saturated heterocycles. The van der Waals surface area contributed by atoms with Crippen molar-refractivity contribution in [1.82, 2.24) is 14.5 Å². The van der Waals surface area contributed by atoms with Crippen molar-refractivity contribution < 1.29 is 14.6 Å². The first-order valence-corrected chi connectivity index (χ1v) is 7.86. The number of likely N-dealkylation sites (tertiary alicyclic amines) is 1. The molecule has 0 atom stereocenters. The molecule has 0 unspecified atom stereocenters. The zero-order valence-corrected chi connectivity index (χ0v) is 12.6. The minimum Gasteiger partial charge on any atom is -0.394 e. The number of hydrogen-bond acceptors (Lipinski definition) is 6. The second kappa shape index (κ2) is 7.66. The number of aliphatic hydroxyl groups excluding tert-OH is 1. The minimum absolute atomic E-state index is 0.0454. The van der Waals surface area contributed by atoms with Crippen LogP contribution in [-0.2, 0) is 11.2 Å². The van der Waals surface area contributed by atoms with Crippen molar-refractivity contribution in [2.24, 2.45) is 0 Å². The maximum absolute atomic E-state index is 12.5. The highest BCUT2D eigenvalue weighted by molar-refractivity contribution is 7.08. The third kappa shape index (κ3) is 3.74. The van der Waals surface area contributed by atoms with E-state index >= 15 is 0 Å². The Labute approximate surface area is 122 Å². The van der Waals surface area contributed by atoms with Gasteiger partial charge < -0.3 is 14.7 Å². The van der Waals surface area contributed by atoms with Crippen molar-refractivity contribution >= 4 is 17.4 Å². The summed E-state index contributed by atoms with van der Waals surface area (Å²) in [7, 11) is 0. The second-order valence-corrected chi connectivity index (χ2v) is 5.64. The topological polar surface area (TPSA) is 75.6 Å². The minimum atomic E-state index is 0.0454. The number of carbonyl (C=O) groups excluding carboxylic acids is 1. The average Bonchev–Trinajstić information content (AvgIpc) is 2.93. The molecule has 0 saturated carbocycles. The molecule has 1 aliphatic heterocycles. The molecule has 0 bridgehead atoms. The van der Waals surface area contributed by atoms with E-state index in [-0.39, 0.29) is 18.6 Å². The van der Waals surface area contributed by atoms with E-state index in [9.17, 15) is 4.79 Å². The fraction of sp³-hybridized carbons (Fsp3) is 0.769. The van der Waals surface area contributed by atoms with E-state index < -0.39 is 0 Å². The molecule has 1 N–H and O–H groups in total. The summed E-state index contributed by atoms with van der Waals surface area (Å²) in [6.45, 7) is 3.87. The van der Waals surface area contributed by atoms with Crippen molar-refractivity contribution in [2.75, 3.05) is 26.3 Å². The molecule has 20 heavy (non-hydrogen) atoms. The van der Waals surface area contributed by atoms with Gasteiger partial charge in [-0.25, -0.2) is 0 Å². The molecule has 2 heterocycles. The number of amides is 1. The fourth-order valence-electron chi connectivity index (χ4n) is 2.36. The number of hydrogen-bond donors (Lipinski definition) is 1. The van der Waals surface area contributed by atoms with Crippen LogP contribution in [-0.4, -0.2) is 57.9 Å². The lowest BCUT2D eigenvalue weighted by Gasteiger charge is -2.31. The summed E-state index contributed by atoms with van der Waals surface area (Å²) < 4.78 is 9.41. The summed E-state index contributed by atoms with van der Waals surface area (Å²) in [5.74, 6) is 0.0454. The van der Waals surface area contributed by atoms with Crippen LogP contribution in [0.4, 0.5) is 0 Å². The van der Waals surface area contributed by atoms with Gasteiger partial charge in [-0.1, -0.05) is 17.8 Å². The number of carbonyl (C=O) groups is 1. The SMILES string of the molecule is CCCc1nnsc1C(=O)N1CCC(OCCO)CC1. The summed E-state index contributed by atoms with van der Waals surface area (Å²) in [6, 6.07) is 0. The fourth-order valence-corrected chi connectivity index (χ4v) is 3.04. The Kier molecular flexibility index (Phi) is 5.87. The van der Waals surface area contributed by atoms with Gasteiger partial charge in [0.2, 0.25) is 0 Å². The Balaban J connectivity index is 1.89. The lowest BCUT2D eigenvalue weighted by molar-refractivity contribution is -0.00547. The molecule has 2 rings (SSSR count). The molecular weight excluding hydrogens is 278 g/mol. The maximum Gasteiger partial charge on any atom is 0.267 e. The van der Waals surface area contributed by atoms with Gasteiger partial charge in [0.15, 0.2) is 0 Å². The van der Waals surface area contributed by atoms with Crippen LogP contribution in [0.15, 0.2) is 0 Å². The molecule has 7 heteroatoms. The van der Waals surface area contributed by atoms with Gasteiger partial charge >= 0.3 is 0 Å². The van der Waals surface area contributed by atoms with Crippen molar-refractivity contribution in [3.63, 3.8) is 0 Å². The van der Waals surface area contributed by atoms with Gasteiger partial charge in [0.1, 0.15) is 4.88 Å². The Morgan fingerprint density at radius 1 is 1.50 bits per heavy atom. The Morgan fingerprint density at radius 2 is 2.25 bits per heavy atom. The van der Waals surface area contributed by atoms with Crippen LogP contribution in [0.2, 0.25) is 0 Å². The summed E-state index contributed by atoms with van der Waals surface area (Å²) in [4.78, 5) is 15.0. The van der Waals surface area contributed by atoms with Gasteiger partial charge in [-0.3, -0.25) is 4.79 Å². The van der Waals surface area contributed by atoms with Crippen LogP contribution in [0, 0.1) is 0 Å². The normalized spacial score (nSPS) is 16.6. The quantitative estimate of drug-likeness (QED) is 0.851. The summed E-state index contributed by atoms with van der Waals surface area (Å²) >= 11 is 1.19. The number of ether oxygens (including phenoxy) is 1. The molecule has 112 valence electrons. The average molecular weight is 299 g/mol. The van der Waals surface area contributed by atoms with Gasteiger partial charge in [-0.15, -0.1) is 5.10 Å². The summed E-state index contributed by atoms with van der Waals surface area (Å²) in [6.07, 6.45) is 3.55.